The zero-order valence-electron chi connectivity index (χ0n) is 18.9. The second kappa shape index (κ2) is 8.96. The lowest BCUT2D eigenvalue weighted by atomic mass is 9.95. The van der Waals surface area contributed by atoms with Gasteiger partial charge in [0.1, 0.15) is 5.60 Å². The highest BCUT2D eigenvalue weighted by Gasteiger charge is 2.31. The van der Waals surface area contributed by atoms with Crippen LogP contribution in [0, 0.1) is 5.92 Å². The molecule has 0 aromatic heterocycles. The van der Waals surface area contributed by atoms with Crippen LogP contribution < -0.4 is 5.32 Å². The van der Waals surface area contributed by atoms with Crippen LogP contribution in [0.25, 0.3) is 10.8 Å². The second-order valence-electron chi connectivity index (χ2n) is 9.19. The van der Waals surface area contributed by atoms with Gasteiger partial charge in [0.25, 0.3) is 5.91 Å². The largest absolute Gasteiger partial charge is 0.444 e. The van der Waals surface area contributed by atoms with Gasteiger partial charge in [0, 0.05) is 27.2 Å². The Balaban J connectivity index is 1.92. The van der Waals surface area contributed by atoms with E-state index in [4.69, 9.17) is 4.74 Å². The smallest absolute Gasteiger partial charge is 0.412 e. The first-order valence-electron chi connectivity index (χ1n) is 10.6. The van der Waals surface area contributed by atoms with Crippen LogP contribution in [0.2, 0.25) is 0 Å². The van der Waals surface area contributed by atoms with Gasteiger partial charge in [-0.25, -0.2) is 4.79 Å². The number of amides is 3. The first-order valence-corrected chi connectivity index (χ1v) is 10.6. The molecular formula is C24H31N3O4. The predicted molar refractivity (Wildman–Crippen MR) is 121 cm³/mol. The standard InChI is InChI=1S/C24H31N3O4/c1-24(2,3)31-23(30)25-20-14-17-10-7-6-9-16(17)13-19(20)22(29)27-12-8-11-18(15-27)21(28)26(4)5/h6-7,9-10,13-14,18H,8,11-12,15H2,1-5H3,(H,25,30). The molecule has 1 saturated heterocycles. The van der Waals surface area contributed by atoms with Gasteiger partial charge in [-0.15, -0.1) is 0 Å². The monoisotopic (exact) mass is 425 g/mol. The van der Waals surface area contributed by atoms with Gasteiger partial charge in [-0.3, -0.25) is 14.9 Å². The van der Waals surface area contributed by atoms with Gasteiger partial charge in [0.15, 0.2) is 0 Å². The third kappa shape index (κ3) is 5.54. The fraction of sp³-hybridized carbons (Fsp3) is 0.458. The van der Waals surface area contributed by atoms with E-state index in [1.165, 1.54) is 0 Å². The highest BCUT2D eigenvalue weighted by atomic mass is 16.6. The number of anilines is 1. The van der Waals surface area contributed by atoms with Gasteiger partial charge in [-0.1, -0.05) is 24.3 Å². The highest BCUT2D eigenvalue weighted by Crippen LogP contribution is 2.28. The molecule has 1 aliphatic rings. The van der Waals surface area contributed by atoms with Crippen molar-refractivity contribution in [3.8, 4) is 0 Å². The molecule has 3 amide bonds. The van der Waals surface area contributed by atoms with Crippen molar-refractivity contribution in [2.24, 2.45) is 5.92 Å². The van der Waals surface area contributed by atoms with Crippen LogP contribution in [0.1, 0.15) is 44.0 Å². The Morgan fingerprint density at radius 1 is 1.10 bits per heavy atom. The van der Waals surface area contributed by atoms with Gasteiger partial charge < -0.3 is 14.5 Å². The Morgan fingerprint density at radius 3 is 2.35 bits per heavy atom. The number of carbonyl (C=O) groups excluding carboxylic acids is 3. The molecule has 0 aliphatic carbocycles. The van der Waals surface area contributed by atoms with Gasteiger partial charge in [-0.2, -0.15) is 0 Å². The zero-order chi connectivity index (χ0) is 22.8. The van der Waals surface area contributed by atoms with Crippen LogP contribution >= 0.6 is 0 Å². The number of rotatable bonds is 3. The molecule has 0 radical (unpaired) electrons. The van der Waals surface area contributed by atoms with Crippen molar-refractivity contribution in [2.75, 3.05) is 32.5 Å². The summed E-state index contributed by atoms with van der Waals surface area (Å²) in [6.45, 7) is 6.31. The number of benzene rings is 2. The van der Waals surface area contributed by atoms with Crippen LogP contribution in [-0.2, 0) is 9.53 Å². The first kappa shape index (κ1) is 22.6. The molecular weight excluding hydrogens is 394 g/mol. The molecule has 1 aliphatic heterocycles. The van der Waals surface area contributed by atoms with E-state index in [1.54, 1.807) is 56.8 Å². The van der Waals surface area contributed by atoms with E-state index < -0.39 is 11.7 Å². The number of nitrogens with one attached hydrogen (secondary N) is 1. The van der Waals surface area contributed by atoms with Crippen molar-refractivity contribution in [1.82, 2.24) is 9.80 Å². The lowest BCUT2D eigenvalue weighted by Gasteiger charge is -2.33. The highest BCUT2D eigenvalue weighted by molar-refractivity contribution is 6.07. The number of hydrogen-bond donors (Lipinski definition) is 1. The van der Waals surface area contributed by atoms with E-state index in [1.807, 2.05) is 24.3 Å². The molecule has 7 heteroatoms. The van der Waals surface area contributed by atoms with E-state index in [9.17, 15) is 14.4 Å². The van der Waals surface area contributed by atoms with Crippen LogP contribution in [0.5, 0.6) is 0 Å². The van der Waals surface area contributed by atoms with E-state index >= 15 is 0 Å². The maximum atomic E-state index is 13.5. The Bertz CT molecular complexity index is 994. The quantitative estimate of drug-likeness (QED) is 0.802. The van der Waals surface area contributed by atoms with Crippen molar-refractivity contribution in [1.29, 1.82) is 0 Å². The molecule has 0 saturated carbocycles. The summed E-state index contributed by atoms with van der Waals surface area (Å²) in [5, 5.41) is 4.56. The first-order chi connectivity index (χ1) is 14.5. The minimum Gasteiger partial charge on any atom is -0.444 e. The van der Waals surface area contributed by atoms with Crippen molar-refractivity contribution >= 4 is 34.4 Å². The van der Waals surface area contributed by atoms with Crippen LogP contribution in [0.15, 0.2) is 36.4 Å². The molecule has 1 atom stereocenters. The third-order valence-electron chi connectivity index (χ3n) is 5.25. The lowest BCUT2D eigenvalue weighted by molar-refractivity contribution is -0.134. The maximum absolute atomic E-state index is 13.5. The number of carbonyl (C=O) groups is 3. The molecule has 3 rings (SSSR count). The normalized spacial score (nSPS) is 16.7. The summed E-state index contributed by atoms with van der Waals surface area (Å²) in [6, 6.07) is 11.3. The minimum absolute atomic E-state index is 0.0307. The molecule has 1 N–H and O–H groups in total. The molecule has 7 nitrogen and oxygen atoms in total. The minimum atomic E-state index is -0.655. The molecule has 166 valence electrons. The molecule has 2 aromatic rings. The average molecular weight is 426 g/mol. The Hall–Kier alpha value is -3.09. The third-order valence-corrected chi connectivity index (χ3v) is 5.25. The van der Waals surface area contributed by atoms with Crippen LogP contribution in [0.4, 0.5) is 10.5 Å². The maximum Gasteiger partial charge on any atom is 0.412 e. The Labute approximate surface area is 183 Å². The van der Waals surface area contributed by atoms with E-state index in [0.29, 0.717) is 24.3 Å². The summed E-state index contributed by atoms with van der Waals surface area (Å²) in [5.74, 6) is -0.383. The Morgan fingerprint density at radius 2 is 1.74 bits per heavy atom. The van der Waals surface area contributed by atoms with E-state index in [2.05, 4.69) is 5.32 Å². The fourth-order valence-corrected chi connectivity index (χ4v) is 3.83. The van der Waals surface area contributed by atoms with Crippen LogP contribution in [0.3, 0.4) is 0 Å². The Kier molecular flexibility index (Phi) is 6.53. The summed E-state index contributed by atoms with van der Waals surface area (Å²) in [4.78, 5) is 41.6. The predicted octanol–water partition coefficient (Wildman–Crippen LogP) is 4.13. The topological polar surface area (TPSA) is 79.0 Å². The van der Waals surface area contributed by atoms with Crippen molar-refractivity contribution < 1.29 is 19.1 Å². The summed E-state index contributed by atoms with van der Waals surface area (Å²) >= 11 is 0. The van der Waals surface area contributed by atoms with Gasteiger partial charge in [0.2, 0.25) is 5.91 Å². The second-order valence-corrected chi connectivity index (χ2v) is 9.19. The number of nitrogens with zero attached hydrogens (tertiary/aromatic N) is 2. The van der Waals surface area contributed by atoms with Gasteiger partial charge >= 0.3 is 6.09 Å². The van der Waals surface area contributed by atoms with Crippen molar-refractivity contribution in [3.63, 3.8) is 0 Å². The number of piperidine rings is 1. The van der Waals surface area contributed by atoms with E-state index in [-0.39, 0.29) is 17.7 Å². The molecule has 0 spiro atoms. The summed E-state index contributed by atoms with van der Waals surface area (Å²) < 4.78 is 5.38. The fourth-order valence-electron chi connectivity index (χ4n) is 3.83. The SMILES string of the molecule is CN(C)C(=O)C1CCCN(C(=O)c2cc3ccccc3cc2NC(=O)OC(C)(C)C)C1. The summed E-state index contributed by atoms with van der Waals surface area (Å²) in [5.41, 5.74) is 0.138. The number of hydrogen-bond acceptors (Lipinski definition) is 4. The molecule has 31 heavy (non-hydrogen) atoms. The van der Waals surface area contributed by atoms with Crippen molar-refractivity contribution in [3.05, 3.63) is 42.0 Å². The van der Waals surface area contributed by atoms with Crippen molar-refractivity contribution in [2.45, 2.75) is 39.2 Å². The average Bonchev–Trinajstić information content (AvgIpc) is 2.70. The lowest BCUT2D eigenvalue weighted by Crippen LogP contribution is -2.45. The summed E-state index contributed by atoms with van der Waals surface area (Å²) in [7, 11) is 3.46. The van der Waals surface area contributed by atoms with E-state index in [0.717, 1.165) is 23.6 Å². The van der Waals surface area contributed by atoms with Gasteiger partial charge in [-0.05, 0) is 56.5 Å². The van der Waals surface area contributed by atoms with Crippen LogP contribution in [-0.4, -0.2) is 60.5 Å². The zero-order valence-corrected chi connectivity index (χ0v) is 18.9. The summed E-state index contributed by atoms with van der Waals surface area (Å²) in [6.07, 6.45) is 0.913. The van der Waals surface area contributed by atoms with Gasteiger partial charge in [0.05, 0.1) is 17.2 Å². The number of fused-ring (bicyclic) bond motifs is 1. The molecule has 1 heterocycles. The molecule has 1 unspecified atom stereocenters. The number of likely N-dealkylation sites (tertiary alicyclic amines) is 1. The molecule has 2 aromatic carbocycles. The molecule has 1 fully saturated rings. The number of ether oxygens (including phenoxy) is 1. The molecule has 0 bridgehead atoms.